The van der Waals surface area contributed by atoms with Gasteiger partial charge in [0.15, 0.2) is 5.60 Å². The van der Waals surface area contributed by atoms with Crippen LogP contribution in [-0.2, 0) is 15.1 Å². The SMILES string of the molecule is COCC1(Nc2nccc(-c3csc(-c4cccc([C@]5(O)CCN(C)C5=O)c4)n3)n2)CCC1. The predicted molar refractivity (Wildman–Crippen MR) is 127 cm³/mol. The zero-order valence-electron chi connectivity index (χ0n) is 18.7. The van der Waals surface area contributed by atoms with E-state index in [-0.39, 0.29) is 11.4 Å². The lowest BCUT2D eigenvalue weighted by Gasteiger charge is -2.41. The maximum Gasteiger partial charge on any atom is 0.258 e. The zero-order chi connectivity index (χ0) is 23.1. The van der Waals surface area contributed by atoms with Gasteiger partial charge in [0.1, 0.15) is 10.7 Å². The van der Waals surface area contributed by atoms with Crippen molar-refractivity contribution < 1.29 is 14.6 Å². The Morgan fingerprint density at radius 2 is 2.06 bits per heavy atom. The van der Waals surface area contributed by atoms with Crippen molar-refractivity contribution in [3.63, 3.8) is 0 Å². The molecule has 0 bridgehead atoms. The molecule has 1 atom stereocenters. The number of thiazole rings is 1. The van der Waals surface area contributed by atoms with Gasteiger partial charge in [-0.25, -0.2) is 15.0 Å². The molecule has 5 rings (SSSR count). The average Bonchev–Trinajstić information content (AvgIpc) is 3.40. The Kier molecular flexibility index (Phi) is 5.64. The van der Waals surface area contributed by atoms with Crippen LogP contribution in [-0.4, -0.2) is 63.7 Å². The number of hydrogen-bond donors (Lipinski definition) is 2. The fourth-order valence-electron chi connectivity index (χ4n) is 4.54. The van der Waals surface area contributed by atoms with Gasteiger partial charge in [0, 0.05) is 44.3 Å². The minimum atomic E-state index is -1.47. The number of likely N-dealkylation sites (tertiary alicyclic amines) is 1. The second-order valence-corrected chi connectivity index (χ2v) is 9.77. The normalized spacial score (nSPS) is 21.8. The molecule has 2 N–H and O–H groups in total. The summed E-state index contributed by atoms with van der Waals surface area (Å²) < 4.78 is 5.38. The first-order chi connectivity index (χ1) is 15.9. The number of nitrogens with one attached hydrogen (secondary N) is 1. The Labute approximate surface area is 196 Å². The molecule has 2 aromatic heterocycles. The number of anilines is 1. The van der Waals surface area contributed by atoms with Crippen LogP contribution in [0.25, 0.3) is 22.0 Å². The fraction of sp³-hybridized carbons (Fsp3) is 0.417. The third-order valence-electron chi connectivity index (χ3n) is 6.63. The largest absolute Gasteiger partial charge is 0.382 e. The number of nitrogens with zero attached hydrogens (tertiary/aromatic N) is 4. The third kappa shape index (κ3) is 4.01. The highest BCUT2D eigenvalue weighted by Gasteiger charge is 2.45. The molecule has 172 valence electrons. The van der Waals surface area contributed by atoms with E-state index in [9.17, 15) is 9.90 Å². The van der Waals surface area contributed by atoms with Crippen LogP contribution in [0.2, 0.25) is 0 Å². The quantitative estimate of drug-likeness (QED) is 0.552. The summed E-state index contributed by atoms with van der Waals surface area (Å²) in [7, 11) is 3.43. The molecular formula is C24H27N5O3S. The molecule has 1 saturated carbocycles. The molecule has 8 nitrogen and oxygen atoms in total. The lowest BCUT2D eigenvalue weighted by Crippen LogP contribution is -2.49. The summed E-state index contributed by atoms with van der Waals surface area (Å²) in [6.45, 7) is 1.17. The van der Waals surface area contributed by atoms with Crippen molar-refractivity contribution in [3.05, 3.63) is 47.5 Å². The first-order valence-electron chi connectivity index (χ1n) is 11.1. The van der Waals surface area contributed by atoms with Crippen LogP contribution >= 0.6 is 11.3 Å². The average molecular weight is 466 g/mol. The van der Waals surface area contributed by atoms with Gasteiger partial charge in [-0.05, 0) is 37.0 Å². The van der Waals surface area contributed by atoms with Gasteiger partial charge in [-0.1, -0.05) is 18.2 Å². The van der Waals surface area contributed by atoms with E-state index < -0.39 is 5.60 Å². The lowest BCUT2D eigenvalue weighted by atomic mass is 9.77. The summed E-state index contributed by atoms with van der Waals surface area (Å²) in [5.41, 5.74) is 1.40. The number of carbonyl (C=O) groups is 1. The van der Waals surface area contributed by atoms with E-state index in [2.05, 4.69) is 15.3 Å². The Balaban J connectivity index is 1.39. The van der Waals surface area contributed by atoms with Crippen molar-refractivity contribution in [1.82, 2.24) is 19.9 Å². The maximum atomic E-state index is 12.5. The maximum absolute atomic E-state index is 12.5. The van der Waals surface area contributed by atoms with Crippen LogP contribution in [0.3, 0.4) is 0 Å². The molecule has 3 heterocycles. The van der Waals surface area contributed by atoms with Crippen LogP contribution < -0.4 is 5.32 Å². The second-order valence-electron chi connectivity index (χ2n) is 8.91. The number of likely N-dealkylation sites (N-methyl/N-ethyl adjacent to an activating group) is 1. The zero-order valence-corrected chi connectivity index (χ0v) is 19.6. The van der Waals surface area contributed by atoms with Crippen LogP contribution in [0.1, 0.15) is 31.2 Å². The summed E-state index contributed by atoms with van der Waals surface area (Å²) in [5.74, 6) is 0.310. The smallest absolute Gasteiger partial charge is 0.258 e. The van der Waals surface area contributed by atoms with Crippen molar-refractivity contribution in [3.8, 4) is 22.0 Å². The minimum Gasteiger partial charge on any atom is -0.382 e. The van der Waals surface area contributed by atoms with Gasteiger partial charge in [-0.15, -0.1) is 11.3 Å². The molecule has 2 fully saturated rings. The van der Waals surface area contributed by atoms with Crippen molar-refractivity contribution in [2.45, 2.75) is 36.8 Å². The number of rotatable bonds is 7. The van der Waals surface area contributed by atoms with Gasteiger partial charge >= 0.3 is 0 Å². The molecular weight excluding hydrogens is 438 g/mol. The first kappa shape index (κ1) is 21.9. The highest BCUT2D eigenvalue weighted by molar-refractivity contribution is 7.13. The van der Waals surface area contributed by atoms with Crippen LogP contribution in [0.5, 0.6) is 0 Å². The second kappa shape index (κ2) is 8.48. The number of ether oxygens (including phenoxy) is 1. The monoisotopic (exact) mass is 465 g/mol. The molecule has 1 aliphatic carbocycles. The Hall–Kier alpha value is -2.88. The highest BCUT2D eigenvalue weighted by Crippen LogP contribution is 2.37. The molecule has 0 unspecified atom stereocenters. The molecule has 1 amide bonds. The van der Waals surface area contributed by atoms with Crippen molar-refractivity contribution in [1.29, 1.82) is 0 Å². The van der Waals surface area contributed by atoms with Gasteiger partial charge in [-0.2, -0.15) is 0 Å². The van der Waals surface area contributed by atoms with Gasteiger partial charge in [0.05, 0.1) is 17.8 Å². The molecule has 1 saturated heterocycles. The Bertz CT molecular complexity index is 1180. The first-order valence-corrected chi connectivity index (χ1v) is 12.0. The van der Waals surface area contributed by atoms with E-state index in [1.165, 1.54) is 17.8 Å². The van der Waals surface area contributed by atoms with Crippen molar-refractivity contribution >= 4 is 23.2 Å². The highest BCUT2D eigenvalue weighted by atomic mass is 32.1. The van der Waals surface area contributed by atoms with E-state index >= 15 is 0 Å². The van der Waals surface area contributed by atoms with E-state index in [0.717, 1.165) is 34.8 Å². The number of methoxy groups -OCH3 is 1. The van der Waals surface area contributed by atoms with E-state index in [1.54, 1.807) is 31.3 Å². The van der Waals surface area contributed by atoms with Gasteiger partial charge < -0.3 is 20.1 Å². The number of hydrogen-bond acceptors (Lipinski definition) is 8. The molecule has 1 aliphatic heterocycles. The molecule has 33 heavy (non-hydrogen) atoms. The fourth-order valence-corrected chi connectivity index (χ4v) is 5.35. The summed E-state index contributed by atoms with van der Waals surface area (Å²) in [6, 6.07) is 9.30. The summed E-state index contributed by atoms with van der Waals surface area (Å²) in [4.78, 5) is 27.9. The summed E-state index contributed by atoms with van der Waals surface area (Å²) in [6.07, 6.45) is 5.37. The van der Waals surface area contributed by atoms with Crippen LogP contribution in [0.4, 0.5) is 5.95 Å². The number of benzene rings is 1. The number of aliphatic hydroxyl groups is 1. The third-order valence-corrected chi connectivity index (χ3v) is 7.52. The molecule has 2 aliphatic rings. The number of carbonyl (C=O) groups excluding carboxylic acids is 1. The summed E-state index contributed by atoms with van der Waals surface area (Å²) >= 11 is 1.50. The standard InChI is InChI=1S/C24H27N5O3S/c1-29-12-10-24(31,21(29)30)17-6-3-5-16(13-17)20-26-19(14-33-20)18-7-11-25-22(27-18)28-23(15-32-2)8-4-9-23/h3,5-7,11,13-14,31H,4,8-10,12,15H2,1-2H3,(H,25,27,28)/t24-/m1/s1. The Morgan fingerprint density at radius 1 is 1.21 bits per heavy atom. The number of amides is 1. The number of aromatic nitrogens is 3. The van der Waals surface area contributed by atoms with Gasteiger partial charge in [0.25, 0.3) is 5.91 Å². The lowest BCUT2D eigenvalue weighted by molar-refractivity contribution is -0.143. The minimum absolute atomic E-state index is 0.0902. The molecule has 0 spiro atoms. The van der Waals surface area contributed by atoms with Gasteiger partial charge in [0.2, 0.25) is 5.95 Å². The van der Waals surface area contributed by atoms with Crippen molar-refractivity contribution in [2.75, 3.05) is 32.6 Å². The van der Waals surface area contributed by atoms with E-state index in [1.807, 2.05) is 29.6 Å². The molecule has 9 heteroatoms. The molecule has 1 aromatic carbocycles. The van der Waals surface area contributed by atoms with Crippen LogP contribution in [0.15, 0.2) is 41.9 Å². The van der Waals surface area contributed by atoms with Crippen LogP contribution in [0, 0.1) is 0 Å². The predicted octanol–water partition coefficient (Wildman–Crippen LogP) is 3.30. The van der Waals surface area contributed by atoms with Gasteiger partial charge in [-0.3, -0.25) is 4.79 Å². The van der Waals surface area contributed by atoms with Crippen molar-refractivity contribution in [2.24, 2.45) is 0 Å². The molecule has 0 radical (unpaired) electrons. The molecule has 3 aromatic rings. The van der Waals surface area contributed by atoms with E-state index in [0.29, 0.717) is 31.1 Å². The topological polar surface area (TPSA) is 100 Å². The summed E-state index contributed by atoms with van der Waals surface area (Å²) in [5, 5.41) is 17.2. The Morgan fingerprint density at radius 3 is 2.76 bits per heavy atom. The van der Waals surface area contributed by atoms with E-state index in [4.69, 9.17) is 9.72 Å².